The van der Waals surface area contributed by atoms with Gasteiger partial charge >= 0.3 is 5.97 Å². The fourth-order valence-corrected chi connectivity index (χ4v) is 10.4. The van der Waals surface area contributed by atoms with Gasteiger partial charge in [0.2, 0.25) is 5.91 Å². The van der Waals surface area contributed by atoms with E-state index < -0.39 is 67.4 Å². The Bertz CT molecular complexity index is 1470. The second-order valence-electron chi connectivity index (χ2n) is 23.2. The van der Waals surface area contributed by atoms with Crippen molar-refractivity contribution in [3.05, 3.63) is 48.6 Å². The first-order valence-corrected chi connectivity index (χ1v) is 33.4. The topological polar surface area (TPSA) is 175 Å². The molecular weight excluding hydrogens is 991 g/mol. The molecule has 1 aliphatic heterocycles. The summed E-state index contributed by atoms with van der Waals surface area (Å²) in [5.74, 6) is -1.21. The number of aliphatic hydroxyl groups is 5. The third-order valence-electron chi connectivity index (χ3n) is 15.7. The van der Waals surface area contributed by atoms with Crippen LogP contribution in [0.1, 0.15) is 310 Å². The van der Waals surface area contributed by atoms with Crippen molar-refractivity contribution in [2.45, 2.75) is 359 Å². The smallest absolute Gasteiger partial charge is 0.306 e. The molecule has 1 fully saturated rings. The molecule has 0 spiro atoms. The van der Waals surface area contributed by atoms with Gasteiger partial charge in [-0.3, -0.25) is 9.59 Å². The number of carbonyl (C=O) groups is 2. The van der Waals surface area contributed by atoms with Crippen LogP contribution in [0.2, 0.25) is 0 Å². The molecule has 0 aromatic rings. The Kier molecular flexibility index (Phi) is 53.0. The summed E-state index contributed by atoms with van der Waals surface area (Å²) in [4.78, 5) is 26.6. The summed E-state index contributed by atoms with van der Waals surface area (Å²) in [6.45, 7) is 5.77. The number of nitrogens with one attached hydrogen (secondary N) is 1. The first-order chi connectivity index (χ1) is 38.7. The van der Waals surface area contributed by atoms with Crippen molar-refractivity contribution >= 4 is 11.9 Å². The van der Waals surface area contributed by atoms with Crippen LogP contribution in [-0.2, 0) is 23.8 Å². The van der Waals surface area contributed by atoms with Crippen LogP contribution < -0.4 is 5.32 Å². The summed E-state index contributed by atoms with van der Waals surface area (Å²) in [5, 5.41) is 57.1. The number of carbonyl (C=O) groups excluding carboxylic acids is 2. The van der Waals surface area contributed by atoms with Crippen LogP contribution >= 0.6 is 0 Å². The van der Waals surface area contributed by atoms with E-state index in [0.29, 0.717) is 19.3 Å². The average molecular weight is 1120 g/mol. The van der Waals surface area contributed by atoms with Gasteiger partial charge in [-0.05, 0) is 64.2 Å². The molecule has 0 aromatic heterocycles. The van der Waals surface area contributed by atoms with Crippen molar-refractivity contribution in [3.63, 3.8) is 0 Å². The minimum atomic E-state index is -1.62. The van der Waals surface area contributed by atoms with Gasteiger partial charge in [0.05, 0.1) is 25.4 Å². The van der Waals surface area contributed by atoms with E-state index in [2.05, 4.69) is 62.5 Å². The maximum atomic E-state index is 13.4. The Morgan fingerprint density at radius 2 is 0.873 bits per heavy atom. The van der Waals surface area contributed by atoms with E-state index in [1.165, 1.54) is 180 Å². The normalized spacial score (nSPS) is 19.1. The number of unbranched alkanes of at least 4 members (excludes halogenated alkanes) is 37. The van der Waals surface area contributed by atoms with Gasteiger partial charge in [0.25, 0.3) is 0 Å². The van der Waals surface area contributed by atoms with Gasteiger partial charge in [-0.25, -0.2) is 0 Å². The van der Waals surface area contributed by atoms with Crippen molar-refractivity contribution in [1.82, 2.24) is 5.32 Å². The third kappa shape index (κ3) is 43.9. The molecule has 79 heavy (non-hydrogen) atoms. The highest BCUT2D eigenvalue weighted by atomic mass is 16.7. The van der Waals surface area contributed by atoms with E-state index in [4.69, 9.17) is 14.2 Å². The molecular formula is C68H125NO10. The highest BCUT2D eigenvalue weighted by Gasteiger charge is 2.47. The Morgan fingerprint density at radius 3 is 1.33 bits per heavy atom. The van der Waals surface area contributed by atoms with Crippen LogP contribution in [0.15, 0.2) is 48.6 Å². The van der Waals surface area contributed by atoms with E-state index in [1.54, 1.807) is 6.08 Å². The summed E-state index contributed by atoms with van der Waals surface area (Å²) in [6.07, 6.45) is 58.7. The molecule has 11 nitrogen and oxygen atoms in total. The van der Waals surface area contributed by atoms with Crippen LogP contribution in [0.25, 0.3) is 0 Å². The van der Waals surface area contributed by atoms with E-state index in [0.717, 1.165) is 83.5 Å². The zero-order valence-electron chi connectivity index (χ0n) is 51.2. The quantitative estimate of drug-likeness (QED) is 0.0195. The average Bonchev–Trinajstić information content (AvgIpc) is 3.47. The van der Waals surface area contributed by atoms with Crippen molar-refractivity contribution in [3.8, 4) is 0 Å². The number of hydrogen-bond donors (Lipinski definition) is 6. The highest BCUT2D eigenvalue weighted by Crippen LogP contribution is 2.26. The second kappa shape index (κ2) is 56.1. The maximum Gasteiger partial charge on any atom is 0.306 e. The Labute approximate surface area is 485 Å². The van der Waals surface area contributed by atoms with E-state index in [-0.39, 0.29) is 13.0 Å². The number of rotatable bonds is 57. The lowest BCUT2D eigenvalue weighted by Gasteiger charge is -2.41. The van der Waals surface area contributed by atoms with Crippen LogP contribution in [0.5, 0.6) is 0 Å². The predicted molar refractivity (Wildman–Crippen MR) is 329 cm³/mol. The molecule has 462 valence electrons. The molecule has 1 amide bonds. The van der Waals surface area contributed by atoms with Crippen LogP contribution in [0, 0.1) is 0 Å². The largest absolute Gasteiger partial charge is 0.454 e. The molecule has 0 saturated carbocycles. The minimum Gasteiger partial charge on any atom is -0.454 e. The molecule has 1 saturated heterocycles. The first kappa shape index (κ1) is 74.6. The zero-order valence-corrected chi connectivity index (χ0v) is 51.2. The lowest BCUT2D eigenvalue weighted by atomic mass is 9.99. The number of allylic oxidation sites excluding steroid dienone is 7. The van der Waals surface area contributed by atoms with Gasteiger partial charge in [0, 0.05) is 6.42 Å². The van der Waals surface area contributed by atoms with Gasteiger partial charge in [0.15, 0.2) is 12.4 Å². The molecule has 0 aliphatic carbocycles. The molecule has 0 aromatic carbocycles. The van der Waals surface area contributed by atoms with Gasteiger partial charge in [-0.2, -0.15) is 0 Å². The Balaban J connectivity index is 2.61. The molecule has 0 bridgehead atoms. The lowest BCUT2D eigenvalue weighted by Crippen LogP contribution is -2.61. The SMILES string of the molecule is CCCCC/C=C\C/C=C\C/C=C\CCCCCCC(=O)OC1C(OCC(NC(=O)C(O)CCCCCCCCCCCCCCCCCCCCCCCC)C(O)/C=C/CCCCCCCCCCC)OC(CO)C(O)C1O. The predicted octanol–water partition coefficient (Wildman–Crippen LogP) is 16.4. The summed E-state index contributed by atoms with van der Waals surface area (Å²) in [6, 6.07) is -1.03. The van der Waals surface area contributed by atoms with Gasteiger partial charge < -0.3 is 45.1 Å². The van der Waals surface area contributed by atoms with Crippen molar-refractivity contribution < 1.29 is 49.3 Å². The van der Waals surface area contributed by atoms with E-state index in [1.807, 2.05) is 6.08 Å². The number of ether oxygens (including phenoxy) is 3. The summed E-state index contributed by atoms with van der Waals surface area (Å²) < 4.78 is 17.6. The molecule has 11 heteroatoms. The Hall–Kier alpha value is -2.38. The fourth-order valence-electron chi connectivity index (χ4n) is 10.4. The molecule has 8 atom stereocenters. The number of hydrogen-bond acceptors (Lipinski definition) is 10. The highest BCUT2D eigenvalue weighted by molar-refractivity contribution is 5.80. The Morgan fingerprint density at radius 1 is 0.494 bits per heavy atom. The maximum absolute atomic E-state index is 13.4. The van der Waals surface area contributed by atoms with Crippen LogP contribution in [0.4, 0.5) is 0 Å². The van der Waals surface area contributed by atoms with Crippen LogP contribution in [0.3, 0.4) is 0 Å². The van der Waals surface area contributed by atoms with Gasteiger partial charge in [-0.15, -0.1) is 0 Å². The van der Waals surface area contributed by atoms with Gasteiger partial charge in [-0.1, -0.05) is 288 Å². The van der Waals surface area contributed by atoms with Crippen molar-refractivity contribution in [1.29, 1.82) is 0 Å². The fraction of sp³-hybridized carbons (Fsp3) is 0.853. The number of esters is 1. The lowest BCUT2D eigenvalue weighted by molar-refractivity contribution is -0.305. The molecule has 0 radical (unpaired) electrons. The molecule has 8 unspecified atom stereocenters. The van der Waals surface area contributed by atoms with Gasteiger partial charge in [0.1, 0.15) is 24.4 Å². The summed E-state index contributed by atoms with van der Waals surface area (Å²) in [7, 11) is 0. The number of aliphatic hydroxyl groups excluding tert-OH is 5. The summed E-state index contributed by atoms with van der Waals surface area (Å²) >= 11 is 0. The van der Waals surface area contributed by atoms with E-state index in [9.17, 15) is 35.1 Å². The monoisotopic (exact) mass is 1120 g/mol. The third-order valence-corrected chi connectivity index (χ3v) is 15.7. The molecule has 1 aliphatic rings. The zero-order chi connectivity index (χ0) is 57.5. The molecule has 1 heterocycles. The van der Waals surface area contributed by atoms with Crippen LogP contribution in [-0.4, -0.2) is 99.6 Å². The van der Waals surface area contributed by atoms with Crippen molar-refractivity contribution in [2.24, 2.45) is 0 Å². The minimum absolute atomic E-state index is 0.0990. The second-order valence-corrected chi connectivity index (χ2v) is 23.2. The molecule has 6 N–H and O–H groups in total. The standard InChI is InChI=1S/C68H125NO10/c1-4-7-10-13-16-19-22-24-26-28-29-30-31-32-34-35-37-40-43-46-49-52-55-61(72)67(76)69-59(60(71)54-51-48-45-42-39-21-18-15-12-9-6-3)58-77-68-66(65(75)64(74)62(57-70)78-68)79-63(73)56-53-50-47-44-41-38-36-33-27-25-23-20-17-14-11-8-5-2/h17,20,25,27,36,38,51,54,59-62,64-66,68,70-72,74-75H,4-16,18-19,21-24,26,28-35,37,39-50,52-53,55-58H2,1-3H3,(H,69,76)/b20-17-,27-25-,38-36-,54-51+. The first-order valence-electron chi connectivity index (χ1n) is 33.4. The van der Waals surface area contributed by atoms with E-state index >= 15 is 0 Å². The number of amides is 1. The van der Waals surface area contributed by atoms with Crippen molar-refractivity contribution in [2.75, 3.05) is 13.2 Å². The molecule has 1 rings (SSSR count). The summed E-state index contributed by atoms with van der Waals surface area (Å²) in [5.41, 5.74) is 0.